The molecule has 5 heterocycles. The van der Waals surface area contributed by atoms with Crippen LogP contribution in [0.5, 0.6) is 0 Å². The van der Waals surface area contributed by atoms with Crippen LogP contribution in [-0.2, 0) is 21.7 Å². The van der Waals surface area contributed by atoms with Gasteiger partial charge >= 0.3 is 0 Å². The van der Waals surface area contributed by atoms with E-state index >= 15 is 0 Å². The van der Waals surface area contributed by atoms with Crippen molar-refractivity contribution in [2.45, 2.75) is 208 Å². The van der Waals surface area contributed by atoms with E-state index in [0.29, 0.717) is 38.4 Å². The van der Waals surface area contributed by atoms with Gasteiger partial charge in [-0.25, -0.2) is 9.97 Å². The third-order valence-electron chi connectivity index (χ3n) is 32.0. The molecule has 1 spiro atoms. The van der Waals surface area contributed by atoms with Crippen LogP contribution in [0.25, 0.3) is 55.2 Å². The maximum atomic E-state index is 6.19. The first-order valence-corrected chi connectivity index (χ1v) is 34.9. The minimum absolute atomic E-state index is 0.108. The molecule has 4 nitrogen and oxygen atoms in total. The maximum Gasteiger partial charge on any atom is 0.256 e. The molecular weight excluding hydrogens is 980 g/mol. The number of nitrogens with zero attached hydrogens (tertiary/aromatic N) is 4. The molecule has 3 aromatic heterocycles. The molecule has 81 heavy (non-hydrogen) atoms. The monoisotopic (exact) mass is 1060 g/mol. The molecule has 7 aromatic rings. The SMILES string of the molecule is CCC12CC3CC4(c5cc6c7c(c5)c5cc(C89CC%10CC%11CC(C8)C%11(C%10)C9)ccc5n7-c5nc(C7CCCCC7)nc7c5B6c5cc(C68CC9CC(CC(C9)C6)C8)cc6c8cc(C9%10CC%11CC(C9)C(C%11)C%10)ccc8n-7c56)CC(C1C4)C32. The third kappa shape index (κ3) is 4.82. The molecule has 4 aromatic carbocycles. The van der Waals surface area contributed by atoms with Crippen LogP contribution in [0.1, 0.15) is 214 Å². The first-order chi connectivity index (χ1) is 39.7. The van der Waals surface area contributed by atoms with Crippen LogP contribution >= 0.6 is 0 Å². The summed E-state index contributed by atoms with van der Waals surface area (Å²) in [7, 11) is 0. The second-order valence-electron chi connectivity index (χ2n) is 34.7. The Balaban J connectivity index is 0.806. The molecular formula is C76H81BN4. The second-order valence-corrected chi connectivity index (χ2v) is 34.7. The summed E-state index contributed by atoms with van der Waals surface area (Å²) in [6.45, 7) is 2.68. The lowest BCUT2D eigenvalue weighted by molar-refractivity contribution is -0.236. The fourth-order valence-corrected chi connectivity index (χ4v) is 30.2. The molecule has 13 unspecified atom stereocenters. The maximum absolute atomic E-state index is 6.19. The highest BCUT2D eigenvalue weighted by molar-refractivity contribution is 7.00. The fraction of sp³-hybridized carbons (Fsp3) is 0.632. The topological polar surface area (TPSA) is 35.6 Å². The van der Waals surface area contributed by atoms with Gasteiger partial charge in [0, 0.05) is 32.9 Å². The average molecular weight is 1060 g/mol. The molecule has 17 saturated carbocycles. The molecule has 19 aliphatic rings. The highest BCUT2D eigenvalue weighted by Gasteiger charge is 2.78. The number of fused-ring (bicyclic) bond motifs is 14. The second kappa shape index (κ2) is 13.7. The van der Waals surface area contributed by atoms with Crippen molar-refractivity contribution in [2.24, 2.45) is 87.8 Å². The van der Waals surface area contributed by atoms with Crippen molar-refractivity contribution in [3.05, 3.63) is 88.7 Å². The Hall–Kier alpha value is -4.38. The molecule has 0 radical (unpaired) electrons. The zero-order chi connectivity index (χ0) is 51.8. The van der Waals surface area contributed by atoms with Gasteiger partial charge < -0.3 is 0 Å². The van der Waals surface area contributed by atoms with Crippen molar-refractivity contribution < 1.29 is 0 Å². The van der Waals surface area contributed by atoms with Crippen LogP contribution in [0.4, 0.5) is 0 Å². The molecule has 5 heteroatoms. The molecule has 17 aliphatic carbocycles. The van der Waals surface area contributed by atoms with Crippen LogP contribution in [0.3, 0.4) is 0 Å². The molecule has 26 rings (SSSR count). The van der Waals surface area contributed by atoms with E-state index in [2.05, 4.69) is 76.7 Å². The van der Waals surface area contributed by atoms with E-state index in [1.807, 2.05) is 0 Å². The van der Waals surface area contributed by atoms with E-state index in [-0.39, 0.29) is 6.71 Å². The Morgan fingerprint density at radius 3 is 1.72 bits per heavy atom. The molecule has 0 N–H and O–H groups in total. The molecule has 0 saturated heterocycles. The van der Waals surface area contributed by atoms with Crippen molar-refractivity contribution in [1.82, 2.24) is 19.1 Å². The zero-order valence-electron chi connectivity index (χ0n) is 48.3. The highest BCUT2D eigenvalue weighted by Crippen LogP contribution is 2.84. The quantitative estimate of drug-likeness (QED) is 0.156. The van der Waals surface area contributed by atoms with E-state index < -0.39 is 0 Å². The summed E-state index contributed by atoms with van der Waals surface area (Å²) in [6.07, 6.45) is 38.6. The zero-order valence-corrected chi connectivity index (χ0v) is 48.3. The molecule has 17 fully saturated rings. The first kappa shape index (κ1) is 44.2. The minimum atomic E-state index is 0.108. The summed E-state index contributed by atoms with van der Waals surface area (Å²) in [5, 5.41) is 6.23. The van der Waals surface area contributed by atoms with Gasteiger partial charge in [-0.3, -0.25) is 9.13 Å². The van der Waals surface area contributed by atoms with Crippen molar-refractivity contribution in [1.29, 1.82) is 0 Å². The minimum Gasteiger partial charge on any atom is -0.295 e. The molecule has 2 aliphatic heterocycles. The van der Waals surface area contributed by atoms with Gasteiger partial charge in [0.25, 0.3) is 6.71 Å². The molecule has 0 amide bonds. The van der Waals surface area contributed by atoms with Gasteiger partial charge in [-0.2, -0.15) is 0 Å². The van der Waals surface area contributed by atoms with Gasteiger partial charge in [-0.1, -0.05) is 50.5 Å². The predicted octanol–water partition coefficient (Wildman–Crippen LogP) is 15.6. The molecule has 408 valence electrons. The van der Waals surface area contributed by atoms with Gasteiger partial charge in [-0.05, 0) is 333 Å². The van der Waals surface area contributed by atoms with Crippen LogP contribution in [0.15, 0.2) is 60.7 Å². The average Bonchev–Trinajstić information content (AvgIpc) is 1.78. The number of benzene rings is 4. The lowest BCUT2D eigenvalue weighted by atomic mass is 9.32. The van der Waals surface area contributed by atoms with Crippen LogP contribution in [0, 0.1) is 87.8 Å². The van der Waals surface area contributed by atoms with E-state index in [4.69, 9.17) is 9.97 Å². The van der Waals surface area contributed by atoms with Gasteiger partial charge in [0.1, 0.15) is 17.5 Å². The lowest BCUT2D eigenvalue weighted by Gasteiger charge is -2.72. The fourth-order valence-electron chi connectivity index (χ4n) is 30.2. The van der Waals surface area contributed by atoms with Crippen LogP contribution in [-0.4, -0.2) is 25.8 Å². The van der Waals surface area contributed by atoms with Gasteiger partial charge in [-0.15, -0.1) is 0 Å². The predicted molar refractivity (Wildman–Crippen MR) is 325 cm³/mol. The summed E-state index contributed by atoms with van der Waals surface area (Å²) in [5.74, 6) is 16.4. The Bertz CT molecular complexity index is 4110. The van der Waals surface area contributed by atoms with E-state index in [1.54, 1.807) is 55.8 Å². The summed E-state index contributed by atoms with van der Waals surface area (Å²) < 4.78 is 5.63. The smallest absolute Gasteiger partial charge is 0.256 e. The number of rotatable bonds is 6. The van der Waals surface area contributed by atoms with E-state index in [1.165, 1.54) is 211 Å². The summed E-state index contributed by atoms with van der Waals surface area (Å²) >= 11 is 0. The lowest BCUT2D eigenvalue weighted by Crippen LogP contribution is -2.66. The number of hydrogen-bond acceptors (Lipinski definition) is 2. The summed E-state index contributed by atoms with van der Waals surface area (Å²) in [6, 6.07) is 28.1. The van der Waals surface area contributed by atoms with Gasteiger partial charge in [0.2, 0.25) is 0 Å². The Morgan fingerprint density at radius 1 is 0.494 bits per heavy atom. The van der Waals surface area contributed by atoms with E-state index in [0.717, 1.165) is 82.8 Å². The van der Waals surface area contributed by atoms with Crippen molar-refractivity contribution in [2.75, 3.05) is 0 Å². The summed E-state index contributed by atoms with van der Waals surface area (Å²) in [4.78, 5) is 12.4. The Labute approximate surface area is 479 Å². The third-order valence-corrected chi connectivity index (χ3v) is 32.0. The highest BCUT2D eigenvalue weighted by atomic mass is 15.2. The normalized spacial score (nSPS) is 46.2. The van der Waals surface area contributed by atoms with Crippen molar-refractivity contribution >= 4 is 66.7 Å². The van der Waals surface area contributed by atoms with Crippen molar-refractivity contribution in [3.63, 3.8) is 0 Å². The van der Waals surface area contributed by atoms with Crippen molar-refractivity contribution in [3.8, 4) is 11.6 Å². The largest absolute Gasteiger partial charge is 0.295 e. The standard InChI is InChI=1S/C76H81BN4/c1-2-75-34-47-33-73(36-58(64(47)75)59(75)37-73)51-22-57-55-20-49(74-29-43-17-52-18-53(35-74)76(52,30-43)38-74)9-11-63(55)81-67(57)61(24-51)77-60-23-50(71-25-39-12-40(26-71)14-41(13-39)27-71)21-56-54-19-48(72-28-42-15-45(31-72)46(16-42)32-72)8-10-62(54)80(66(56)60)69-65(77)70(81)79-68(78-69)44-6-4-3-5-7-44/h8-11,19-24,39-47,52-53,58-59,64H,2-7,12-18,25-38H2,1H3. The molecule has 13 bridgehead atoms. The summed E-state index contributed by atoms with van der Waals surface area (Å²) in [5.41, 5.74) is 20.0. The van der Waals surface area contributed by atoms with E-state index in [9.17, 15) is 0 Å². The Morgan fingerprint density at radius 2 is 1.07 bits per heavy atom. The molecule has 13 atom stereocenters. The van der Waals surface area contributed by atoms with Crippen LogP contribution in [0.2, 0.25) is 0 Å². The number of hydrogen-bond donors (Lipinski definition) is 0. The number of aromatic nitrogens is 4. The van der Waals surface area contributed by atoms with Crippen LogP contribution < -0.4 is 16.4 Å². The first-order valence-electron chi connectivity index (χ1n) is 34.9. The van der Waals surface area contributed by atoms with Gasteiger partial charge in [0.05, 0.1) is 22.1 Å². The van der Waals surface area contributed by atoms with Gasteiger partial charge in [0.15, 0.2) is 0 Å². The Kier molecular flexibility index (Phi) is 7.44.